The summed E-state index contributed by atoms with van der Waals surface area (Å²) < 4.78 is 5.36. The van der Waals surface area contributed by atoms with Crippen molar-refractivity contribution in [2.75, 3.05) is 12.4 Å². The molecule has 0 saturated carbocycles. The first-order chi connectivity index (χ1) is 16.1. The summed E-state index contributed by atoms with van der Waals surface area (Å²) in [5.41, 5.74) is 9.53. The molecule has 0 saturated heterocycles. The Morgan fingerprint density at radius 2 is 1.70 bits per heavy atom. The van der Waals surface area contributed by atoms with Gasteiger partial charge < -0.3 is 26.5 Å². The highest BCUT2D eigenvalue weighted by Gasteiger charge is 2.26. The van der Waals surface area contributed by atoms with Crippen LogP contribution in [0.25, 0.3) is 5.41 Å². The number of nitrogens with two attached hydrogens (primary N) is 1. The Hall–Kier alpha value is -4.30. The highest BCUT2D eigenvalue weighted by atomic mass is 16.5. The van der Waals surface area contributed by atoms with Crippen molar-refractivity contribution in [1.29, 1.82) is 0 Å². The van der Waals surface area contributed by atoms with Crippen molar-refractivity contribution in [2.24, 2.45) is 15.7 Å². The number of ether oxygens (including phenoxy) is 1. The summed E-state index contributed by atoms with van der Waals surface area (Å²) in [5, 5.41) is 16.3. The molecule has 8 nitrogen and oxygen atoms in total. The number of hydrogen-bond donors (Lipinski definition) is 3. The number of benzene rings is 3. The van der Waals surface area contributed by atoms with Gasteiger partial charge in [0.1, 0.15) is 0 Å². The fraction of sp³-hybridized carbons (Fsp3) is 0.120. The number of carbonyl (C=O) groups is 1. The number of nitrogens with zero attached hydrogens (tertiary/aromatic N) is 3. The molecule has 1 unspecified atom stereocenters. The second kappa shape index (κ2) is 9.88. The molecule has 3 aromatic carbocycles. The van der Waals surface area contributed by atoms with E-state index < -0.39 is 24.0 Å². The normalized spacial score (nSPS) is 16.6. The van der Waals surface area contributed by atoms with Crippen LogP contribution < -0.4 is 16.4 Å². The molecule has 3 aromatic rings. The van der Waals surface area contributed by atoms with E-state index in [1.54, 1.807) is 13.1 Å². The van der Waals surface area contributed by atoms with E-state index in [4.69, 9.17) is 10.5 Å². The number of para-hydroxylation sites is 1. The molecule has 0 radical (unpaired) electrons. The summed E-state index contributed by atoms with van der Waals surface area (Å²) in [7, 11) is 1.68. The van der Waals surface area contributed by atoms with Crippen LogP contribution in [0.1, 0.15) is 22.7 Å². The molecule has 1 amide bonds. The number of benzodiazepines with no additional fused rings is 1. The maximum atomic E-state index is 12.9. The number of anilines is 1. The number of likely N-dealkylation sites (N-methyl/N-ethyl adjacent to an activating group) is 1. The van der Waals surface area contributed by atoms with Crippen LogP contribution in [-0.4, -0.2) is 36.8 Å². The van der Waals surface area contributed by atoms with Crippen LogP contribution in [0.4, 0.5) is 5.69 Å². The third kappa shape index (κ3) is 4.97. The smallest absolute Gasteiger partial charge is 0.288 e. The number of nitrogens with one attached hydrogen (secondary N) is 2. The quantitative estimate of drug-likeness (QED) is 0.417. The highest BCUT2D eigenvalue weighted by Crippen LogP contribution is 2.24. The summed E-state index contributed by atoms with van der Waals surface area (Å²) in [6.45, 7) is 0. The van der Waals surface area contributed by atoms with E-state index in [1.807, 2.05) is 78.9 Å². The maximum Gasteiger partial charge on any atom is 0.288 e. The van der Waals surface area contributed by atoms with Crippen LogP contribution in [0, 0.1) is 0 Å². The predicted octanol–water partition coefficient (Wildman–Crippen LogP) is 3.06. The van der Waals surface area contributed by atoms with Gasteiger partial charge in [-0.1, -0.05) is 78.9 Å². The Morgan fingerprint density at radius 1 is 1.06 bits per heavy atom. The monoisotopic (exact) mass is 439 g/mol. The minimum Gasteiger partial charge on any atom is -0.773 e. The van der Waals surface area contributed by atoms with Crippen LogP contribution in [0.2, 0.25) is 0 Å². The zero-order valence-corrected chi connectivity index (χ0v) is 18.0. The molecule has 0 aliphatic carbocycles. The van der Waals surface area contributed by atoms with E-state index in [0.717, 1.165) is 16.7 Å². The van der Waals surface area contributed by atoms with Crippen LogP contribution in [-0.2, 0) is 9.53 Å². The molecule has 4 rings (SSSR count). The van der Waals surface area contributed by atoms with E-state index in [1.165, 1.54) is 0 Å². The van der Waals surface area contributed by atoms with E-state index in [2.05, 4.69) is 20.6 Å². The van der Waals surface area contributed by atoms with Gasteiger partial charge in [-0.2, -0.15) is 4.99 Å². The maximum absolute atomic E-state index is 12.9. The fourth-order valence-corrected chi connectivity index (χ4v) is 3.55. The van der Waals surface area contributed by atoms with Crippen LogP contribution in [0.15, 0.2) is 94.9 Å². The highest BCUT2D eigenvalue weighted by molar-refractivity contribution is 6.19. The molecule has 4 N–H and O–H groups in total. The SMILES string of the molecule is CN[C@@H](C(=[N-])OC(N)=NC1N=C(c2ccccc2)c2ccccc2NC1=O)c1ccccc1. The predicted molar refractivity (Wildman–Crippen MR) is 130 cm³/mol. The molecule has 0 spiro atoms. The number of rotatable bonds is 5. The molecule has 0 bridgehead atoms. The lowest BCUT2D eigenvalue weighted by molar-refractivity contribution is -0.117. The van der Waals surface area contributed by atoms with E-state index in [-0.39, 0.29) is 6.02 Å². The lowest BCUT2D eigenvalue weighted by atomic mass is 10.0. The molecule has 166 valence electrons. The first-order valence-electron chi connectivity index (χ1n) is 10.4. The topological polar surface area (TPSA) is 123 Å². The molecule has 1 aliphatic rings. The Balaban J connectivity index is 1.63. The third-order valence-electron chi connectivity index (χ3n) is 5.10. The molecule has 33 heavy (non-hydrogen) atoms. The van der Waals surface area contributed by atoms with Gasteiger partial charge in [0.25, 0.3) is 11.9 Å². The Bertz CT molecular complexity index is 1210. The number of carbonyl (C=O) groups excluding carboxylic acids is 1. The van der Waals surface area contributed by atoms with Gasteiger partial charge in [-0.25, -0.2) is 4.99 Å². The summed E-state index contributed by atoms with van der Waals surface area (Å²) in [6, 6.07) is 25.1. The van der Waals surface area contributed by atoms with Gasteiger partial charge in [0.05, 0.1) is 17.4 Å². The van der Waals surface area contributed by atoms with Gasteiger partial charge in [0.2, 0.25) is 6.17 Å². The summed E-state index contributed by atoms with van der Waals surface area (Å²) in [5.74, 6) is -0.859. The van der Waals surface area contributed by atoms with Gasteiger partial charge in [0.15, 0.2) is 0 Å². The lowest BCUT2D eigenvalue weighted by Gasteiger charge is -2.24. The first-order valence-corrected chi connectivity index (χ1v) is 10.4. The number of hydrogen-bond acceptors (Lipinski definition) is 5. The van der Waals surface area contributed by atoms with Gasteiger partial charge in [-0.15, -0.1) is 0 Å². The van der Waals surface area contributed by atoms with E-state index in [9.17, 15) is 10.2 Å². The minimum atomic E-state index is -1.20. The summed E-state index contributed by atoms with van der Waals surface area (Å²) in [4.78, 5) is 21.6. The van der Waals surface area contributed by atoms with Crippen LogP contribution in [0.3, 0.4) is 0 Å². The second-order valence-electron chi connectivity index (χ2n) is 7.29. The van der Waals surface area contributed by atoms with Crippen molar-refractivity contribution >= 4 is 29.2 Å². The van der Waals surface area contributed by atoms with E-state index >= 15 is 0 Å². The fourth-order valence-electron chi connectivity index (χ4n) is 3.55. The van der Waals surface area contributed by atoms with Gasteiger partial charge in [-0.05, 0) is 18.7 Å². The Morgan fingerprint density at radius 3 is 2.39 bits per heavy atom. The van der Waals surface area contributed by atoms with Gasteiger partial charge in [-0.3, -0.25) is 4.79 Å². The van der Waals surface area contributed by atoms with E-state index in [0.29, 0.717) is 11.4 Å². The summed E-state index contributed by atoms with van der Waals surface area (Å²) in [6.07, 6.45) is -1.20. The van der Waals surface area contributed by atoms with Crippen molar-refractivity contribution in [3.05, 3.63) is 107 Å². The zero-order chi connectivity index (χ0) is 23.2. The average Bonchev–Trinajstić information content (AvgIpc) is 2.97. The summed E-state index contributed by atoms with van der Waals surface area (Å²) >= 11 is 0. The Kier molecular flexibility index (Phi) is 6.56. The minimum absolute atomic E-state index is 0.383. The van der Waals surface area contributed by atoms with Crippen LogP contribution >= 0.6 is 0 Å². The number of amides is 1. The number of amidine groups is 1. The number of fused-ring (bicyclic) bond motifs is 1. The molecule has 1 heterocycles. The van der Waals surface area contributed by atoms with Crippen molar-refractivity contribution in [3.8, 4) is 0 Å². The molecular weight excluding hydrogens is 416 g/mol. The molecule has 1 aliphatic heterocycles. The van der Waals surface area contributed by atoms with Crippen LogP contribution in [0.5, 0.6) is 0 Å². The second-order valence-corrected chi connectivity index (χ2v) is 7.29. The van der Waals surface area contributed by atoms with Crippen molar-refractivity contribution in [3.63, 3.8) is 0 Å². The van der Waals surface area contributed by atoms with Crippen molar-refractivity contribution < 1.29 is 9.53 Å². The molecule has 0 aromatic heterocycles. The molecule has 0 fully saturated rings. The molecule has 8 heteroatoms. The van der Waals surface area contributed by atoms with Gasteiger partial charge >= 0.3 is 0 Å². The van der Waals surface area contributed by atoms with Crippen molar-refractivity contribution in [1.82, 2.24) is 5.32 Å². The van der Waals surface area contributed by atoms with Crippen molar-refractivity contribution in [2.45, 2.75) is 12.2 Å². The third-order valence-corrected chi connectivity index (χ3v) is 5.10. The average molecular weight is 439 g/mol. The zero-order valence-electron chi connectivity index (χ0n) is 18.0. The Labute approximate surface area is 191 Å². The van der Waals surface area contributed by atoms with Gasteiger partial charge in [0, 0.05) is 17.0 Å². The first kappa shape index (κ1) is 21.9. The lowest BCUT2D eigenvalue weighted by Crippen LogP contribution is -2.33. The number of aliphatic imine (C=N–C) groups is 2. The molecule has 2 atom stereocenters. The molecular formula is C25H23N6O2-. The largest absolute Gasteiger partial charge is 0.773 e. The standard InChI is InChI=1S/C25H23N6O2/c1-28-21(17-12-6-3-7-13-17)22(26)33-25(27)31-23-24(32)29-19-15-9-8-14-18(19)20(30-23)16-10-4-2-5-11-16/h2-15,21,23,28H,1H3,(H2,27,31)(H,29,32)/q-1/t21-,23?/m1/s1.